The number of nitrogens with zero attached hydrogens (tertiary/aromatic N) is 6. The highest BCUT2D eigenvalue weighted by atomic mass is 15.5. The van der Waals surface area contributed by atoms with Gasteiger partial charge in [0.2, 0.25) is 5.82 Å². The Morgan fingerprint density at radius 1 is 0.842 bits per heavy atom. The van der Waals surface area contributed by atoms with Crippen LogP contribution in [0, 0.1) is 13.8 Å². The van der Waals surface area contributed by atoms with Crippen LogP contribution >= 0.6 is 0 Å². The number of nitrogens with one attached hydrogen (secondary N) is 2. The molecule has 0 aliphatic heterocycles. The fourth-order valence-electron chi connectivity index (χ4n) is 4.88. The van der Waals surface area contributed by atoms with E-state index < -0.39 is 0 Å². The number of aromatic amines is 1. The second-order valence-corrected chi connectivity index (χ2v) is 9.40. The van der Waals surface area contributed by atoms with Gasteiger partial charge in [0.05, 0.1) is 6.54 Å². The number of benzene rings is 3. The summed E-state index contributed by atoms with van der Waals surface area (Å²) < 4.78 is 2.24. The molecule has 2 N–H and O–H groups in total. The summed E-state index contributed by atoms with van der Waals surface area (Å²) in [4.78, 5) is 9.71. The van der Waals surface area contributed by atoms with Gasteiger partial charge in [-0.2, -0.15) is 5.21 Å². The lowest BCUT2D eigenvalue weighted by Gasteiger charge is -2.13. The topological polar surface area (TPSA) is 97.2 Å². The van der Waals surface area contributed by atoms with E-state index >= 15 is 0 Å². The van der Waals surface area contributed by atoms with E-state index in [0.29, 0.717) is 12.4 Å². The van der Waals surface area contributed by atoms with Crippen molar-refractivity contribution in [3.05, 3.63) is 102 Å². The minimum absolute atomic E-state index is 0.560. The predicted octanol–water partition coefficient (Wildman–Crippen LogP) is 6.25. The summed E-state index contributed by atoms with van der Waals surface area (Å²) in [7, 11) is 0. The number of rotatable bonds is 7. The van der Waals surface area contributed by atoms with E-state index in [0.717, 1.165) is 62.7 Å². The lowest BCUT2D eigenvalue weighted by molar-refractivity contribution is 0.745. The van der Waals surface area contributed by atoms with Crippen molar-refractivity contribution in [2.24, 2.45) is 0 Å². The molecule has 6 rings (SSSR count). The number of aryl methyl sites for hydroxylation is 3. The van der Waals surface area contributed by atoms with Gasteiger partial charge in [0, 0.05) is 29.1 Å². The highest BCUT2D eigenvalue weighted by molar-refractivity contribution is 5.84. The molecule has 0 aliphatic rings. The highest BCUT2D eigenvalue weighted by Crippen LogP contribution is 2.34. The zero-order valence-corrected chi connectivity index (χ0v) is 21.6. The maximum atomic E-state index is 4.89. The van der Waals surface area contributed by atoms with Crippen molar-refractivity contribution in [2.75, 3.05) is 5.32 Å². The van der Waals surface area contributed by atoms with E-state index in [-0.39, 0.29) is 0 Å². The first kappa shape index (κ1) is 23.5. The number of hydrogen-bond acceptors (Lipinski definition) is 6. The molecular weight excluding hydrogens is 472 g/mol. The van der Waals surface area contributed by atoms with E-state index in [1.165, 1.54) is 5.56 Å². The molecule has 0 radical (unpaired) electrons. The Kier molecular flexibility index (Phi) is 6.13. The molecule has 0 unspecified atom stereocenters. The molecule has 0 amide bonds. The van der Waals surface area contributed by atoms with E-state index in [1.807, 2.05) is 49.4 Å². The molecule has 8 heteroatoms. The fraction of sp³-hybridized carbons (Fsp3) is 0.167. The zero-order chi connectivity index (χ0) is 26.1. The van der Waals surface area contributed by atoms with Gasteiger partial charge in [-0.3, -0.25) is 0 Å². The number of fused-ring (bicyclic) bond motifs is 1. The van der Waals surface area contributed by atoms with Crippen molar-refractivity contribution in [3.8, 4) is 22.5 Å². The lowest BCUT2D eigenvalue weighted by Crippen LogP contribution is -2.05. The Morgan fingerprint density at radius 3 is 2.39 bits per heavy atom. The van der Waals surface area contributed by atoms with Gasteiger partial charge in [0.25, 0.3) is 0 Å². The van der Waals surface area contributed by atoms with Crippen LogP contribution in [0.2, 0.25) is 0 Å². The molecule has 0 fully saturated rings. The smallest absolute Gasteiger partial charge is 0.205 e. The first-order valence-electron chi connectivity index (χ1n) is 12.7. The average Bonchev–Trinajstić information content (AvgIpc) is 3.59. The monoisotopic (exact) mass is 500 g/mol. The van der Waals surface area contributed by atoms with Gasteiger partial charge in [-0.1, -0.05) is 49.4 Å². The van der Waals surface area contributed by atoms with E-state index in [1.54, 1.807) is 0 Å². The third kappa shape index (κ3) is 4.52. The normalized spacial score (nSPS) is 11.2. The summed E-state index contributed by atoms with van der Waals surface area (Å²) in [6, 6.07) is 27.0. The molecule has 0 aliphatic carbocycles. The standard InChI is InChI=1S/C30H28N8/c1-4-27-33-28-19(2)16-20(3)31-30(28)38(27)18-21-10-12-22(13-11-21)26-17-24(32-23-8-6-5-7-9-23)14-15-25(26)29-34-36-37-35-29/h5-17,32H,4,18H2,1-3H3,(H,34,35,36,37). The summed E-state index contributed by atoms with van der Waals surface area (Å²) in [6.07, 6.45) is 0.849. The average molecular weight is 501 g/mol. The van der Waals surface area contributed by atoms with E-state index in [4.69, 9.17) is 9.97 Å². The number of pyridine rings is 1. The van der Waals surface area contributed by atoms with Crippen LogP contribution in [0.25, 0.3) is 33.7 Å². The van der Waals surface area contributed by atoms with Crippen LogP contribution < -0.4 is 5.32 Å². The fourth-order valence-corrected chi connectivity index (χ4v) is 4.88. The Hall–Kier alpha value is -4.85. The first-order chi connectivity index (χ1) is 18.6. The molecule has 8 nitrogen and oxygen atoms in total. The van der Waals surface area contributed by atoms with Crippen molar-refractivity contribution in [1.82, 2.24) is 35.2 Å². The largest absolute Gasteiger partial charge is 0.356 e. The molecule has 0 saturated carbocycles. The Labute approximate surface area is 220 Å². The van der Waals surface area contributed by atoms with E-state index in [2.05, 4.69) is 80.8 Å². The number of aromatic nitrogens is 7. The van der Waals surface area contributed by atoms with Crippen molar-refractivity contribution in [2.45, 2.75) is 33.7 Å². The summed E-state index contributed by atoms with van der Waals surface area (Å²) in [5, 5.41) is 18.3. The molecule has 6 aromatic rings. The van der Waals surface area contributed by atoms with Gasteiger partial charge >= 0.3 is 0 Å². The van der Waals surface area contributed by atoms with Gasteiger partial charge in [0.1, 0.15) is 11.3 Å². The third-order valence-electron chi connectivity index (χ3n) is 6.69. The van der Waals surface area contributed by atoms with Gasteiger partial charge in [-0.05, 0) is 77.7 Å². The molecule has 0 spiro atoms. The number of hydrogen-bond donors (Lipinski definition) is 2. The predicted molar refractivity (Wildman–Crippen MR) is 150 cm³/mol. The number of H-pyrrole nitrogens is 1. The van der Waals surface area contributed by atoms with Crippen LogP contribution in [0.4, 0.5) is 11.4 Å². The van der Waals surface area contributed by atoms with Crippen LogP contribution in [0.1, 0.15) is 29.6 Å². The number of anilines is 2. The van der Waals surface area contributed by atoms with Crippen molar-refractivity contribution >= 4 is 22.5 Å². The zero-order valence-electron chi connectivity index (χ0n) is 21.6. The van der Waals surface area contributed by atoms with Gasteiger partial charge < -0.3 is 9.88 Å². The van der Waals surface area contributed by atoms with Crippen molar-refractivity contribution < 1.29 is 0 Å². The molecule has 0 atom stereocenters. The van der Waals surface area contributed by atoms with Crippen LogP contribution in [0.15, 0.2) is 78.9 Å². The summed E-state index contributed by atoms with van der Waals surface area (Å²) in [5.74, 6) is 1.61. The van der Waals surface area contributed by atoms with Gasteiger partial charge in [0.15, 0.2) is 5.65 Å². The second kappa shape index (κ2) is 9.89. The maximum Gasteiger partial charge on any atom is 0.205 e. The molecule has 38 heavy (non-hydrogen) atoms. The van der Waals surface area contributed by atoms with Gasteiger partial charge in [-0.15, -0.1) is 10.2 Å². The Morgan fingerprint density at radius 2 is 1.66 bits per heavy atom. The SMILES string of the molecule is CCc1nc2c(C)cc(C)nc2n1Cc1ccc(-c2cc(Nc3ccccc3)ccc2-c2nn[nH]n2)cc1. The maximum absolute atomic E-state index is 4.89. The summed E-state index contributed by atoms with van der Waals surface area (Å²) >= 11 is 0. The lowest BCUT2D eigenvalue weighted by atomic mass is 9.97. The molecule has 3 heterocycles. The first-order valence-corrected chi connectivity index (χ1v) is 12.7. The minimum Gasteiger partial charge on any atom is -0.356 e. The van der Waals surface area contributed by atoms with Crippen LogP contribution in [-0.2, 0) is 13.0 Å². The van der Waals surface area contributed by atoms with Crippen molar-refractivity contribution in [1.29, 1.82) is 0 Å². The highest BCUT2D eigenvalue weighted by Gasteiger charge is 2.15. The number of para-hydroxylation sites is 1. The Balaban J connectivity index is 1.36. The number of imidazole rings is 1. The molecule has 3 aromatic heterocycles. The van der Waals surface area contributed by atoms with Crippen molar-refractivity contribution in [3.63, 3.8) is 0 Å². The third-order valence-corrected chi connectivity index (χ3v) is 6.69. The minimum atomic E-state index is 0.560. The molecule has 188 valence electrons. The second-order valence-electron chi connectivity index (χ2n) is 9.40. The number of tetrazole rings is 1. The molecule has 0 bridgehead atoms. The summed E-state index contributed by atoms with van der Waals surface area (Å²) in [6.45, 7) is 6.99. The quantitative estimate of drug-likeness (QED) is 0.269. The van der Waals surface area contributed by atoms with Crippen LogP contribution in [0.3, 0.4) is 0 Å². The van der Waals surface area contributed by atoms with Crippen LogP contribution in [-0.4, -0.2) is 35.2 Å². The molecular formula is C30H28N8. The summed E-state index contributed by atoms with van der Waals surface area (Å²) in [5.41, 5.74) is 10.3. The van der Waals surface area contributed by atoms with Gasteiger partial charge in [-0.25, -0.2) is 9.97 Å². The molecule has 0 saturated heterocycles. The van der Waals surface area contributed by atoms with Crippen LogP contribution in [0.5, 0.6) is 0 Å². The Bertz CT molecular complexity index is 1700. The molecule has 3 aromatic carbocycles. The van der Waals surface area contributed by atoms with E-state index in [9.17, 15) is 0 Å².